The Kier molecular flexibility index (Phi) is 2.65. The highest BCUT2D eigenvalue weighted by Crippen LogP contribution is 2.33. The van der Waals surface area contributed by atoms with E-state index in [0.29, 0.717) is 0 Å². The monoisotopic (exact) mass is 214 g/mol. The van der Waals surface area contributed by atoms with Crippen molar-refractivity contribution < 1.29 is 9.53 Å². The van der Waals surface area contributed by atoms with Gasteiger partial charge in [0.15, 0.2) is 5.60 Å². The molecular weight excluding hydrogens is 200 g/mol. The Balaban J connectivity index is 2.52. The number of hydrogen-bond donors (Lipinski definition) is 0. The molecule has 1 atom stereocenters. The molecule has 2 rings (SSSR count). The predicted octanol–water partition coefficient (Wildman–Crippen LogP) is 3.05. The first-order valence-corrected chi connectivity index (χ1v) is 5.29. The Morgan fingerprint density at radius 2 is 2.06 bits per heavy atom. The molecule has 0 aliphatic carbocycles. The van der Waals surface area contributed by atoms with E-state index in [1.807, 2.05) is 43.3 Å². The van der Waals surface area contributed by atoms with Gasteiger partial charge < -0.3 is 4.74 Å². The summed E-state index contributed by atoms with van der Waals surface area (Å²) in [5, 5.41) is 0. The minimum atomic E-state index is -0.865. The Bertz CT molecular complexity index is 471. The zero-order chi connectivity index (χ0) is 11.6. The van der Waals surface area contributed by atoms with Gasteiger partial charge in [-0.1, -0.05) is 36.4 Å². The number of hydrogen-bond acceptors (Lipinski definition) is 2. The van der Waals surface area contributed by atoms with Crippen molar-refractivity contribution in [3.8, 4) is 0 Å². The Hall–Kier alpha value is -1.83. The molecule has 1 aliphatic rings. The number of carbonyl (C=O) groups excluding carboxylic acids is 1. The number of ketones is 1. The SMILES string of the molecule is CC=Cc1ccccc1C1(C)OC=CC1=O. The summed E-state index contributed by atoms with van der Waals surface area (Å²) in [5.41, 5.74) is 1.06. The molecule has 2 nitrogen and oxygen atoms in total. The summed E-state index contributed by atoms with van der Waals surface area (Å²) in [6.07, 6.45) is 6.88. The fourth-order valence-corrected chi connectivity index (χ4v) is 1.90. The predicted molar refractivity (Wildman–Crippen MR) is 63.7 cm³/mol. The third-order valence-corrected chi connectivity index (χ3v) is 2.81. The molecule has 1 aromatic carbocycles. The molecule has 0 radical (unpaired) electrons. The van der Waals surface area contributed by atoms with Gasteiger partial charge in [0.25, 0.3) is 0 Å². The zero-order valence-corrected chi connectivity index (χ0v) is 9.44. The summed E-state index contributed by atoms with van der Waals surface area (Å²) in [5.74, 6) is -0.00977. The summed E-state index contributed by atoms with van der Waals surface area (Å²) in [4.78, 5) is 11.8. The Labute approximate surface area is 95.2 Å². The van der Waals surface area contributed by atoms with E-state index in [2.05, 4.69) is 0 Å². The third-order valence-electron chi connectivity index (χ3n) is 2.81. The van der Waals surface area contributed by atoms with Gasteiger partial charge in [0.05, 0.1) is 6.26 Å². The molecule has 0 fully saturated rings. The molecule has 0 aromatic heterocycles. The molecule has 0 bridgehead atoms. The van der Waals surface area contributed by atoms with Crippen LogP contribution < -0.4 is 0 Å². The highest BCUT2D eigenvalue weighted by molar-refractivity contribution is 5.99. The molecule has 0 spiro atoms. The van der Waals surface area contributed by atoms with E-state index in [0.717, 1.165) is 11.1 Å². The molecule has 1 aromatic rings. The standard InChI is InChI=1S/C14H14O2/c1-3-6-11-7-4-5-8-12(11)14(2)13(15)9-10-16-14/h3-10H,1-2H3. The molecule has 1 aliphatic heterocycles. The molecule has 82 valence electrons. The number of carbonyl (C=O) groups is 1. The van der Waals surface area contributed by atoms with Crippen LogP contribution in [-0.2, 0) is 15.1 Å². The van der Waals surface area contributed by atoms with Crippen LogP contribution in [0.4, 0.5) is 0 Å². The van der Waals surface area contributed by atoms with Gasteiger partial charge in [-0.2, -0.15) is 0 Å². The lowest BCUT2D eigenvalue weighted by molar-refractivity contribution is -0.128. The smallest absolute Gasteiger partial charge is 0.206 e. The summed E-state index contributed by atoms with van der Waals surface area (Å²) in [6.45, 7) is 3.76. The van der Waals surface area contributed by atoms with E-state index in [-0.39, 0.29) is 5.78 Å². The first-order chi connectivity index (χ1) is 7.68. The van der Waals surface area contributed by atoms with Gasteiger partial charge in [-0.3, -0.25) is 4.79 Å². The van der Waals surface area contributed by atoms with Crippen molar-refractivity contribution in [1.29, 1.82) is 0 Å². The van der Waals surface area contributed by atoms with Gasteiger partial charge >= 0.3 is 0 Å². The summed E-state index contributed by atoms with van der Waals surface area (Å²) in [6, 6.07) is 7.79. The van der Waals surface area contributed by atoms with Crippen LogP contribution in [0, 0.1) is 0 Å². The fourth-order valence-electron chi connectivity index (χ4n) is 1.90. The van der Waals surface area contributed by atoms with Crippen LogP contribution in [0.15, 0.2) is 42.7 Å². The lowest BCUT2D eigenvalue weighted by Crippen LogP contribution is -2.30. The van der Waals surface area contributed by atoms with E-state index in [4.69, 9.17) is 4.74 Å². The van der Waals surface area contributed by atoms with Crippen LogP contribution in [0.25, 0.3) is 6.08 Å². The molecule has 0 amide bonds. The molecule has 1 unspecified atom stereocenters. The molecule has 1 heterocycles. The normalized spacial score (nSPS) is 24.0. The maximum atomic E-state index is 11.8. The number of allylic oxidation sites excluding steroid dienone is 1. The summed E-state index contributed by atoms with van der Waals surface area (Å²) >= 11 is 0. The first kappa shape index (κ1) is 10.7. The lowest BCUT2D eigenvalue weighted by atomic mass is 9.88. The van der Waals surface area contributed by atoms with Crippen LogP contribution in [-0.4, -0.2) is 5.78 Å². The van der Waals surface area contributed by atoms with Crippen LogP contribution in [0.2, 0.25) is 0 Å². The van der Waals surface area contributed by atoms with Gasteiger partial charge in [0.1, 0.15) is 0 Å². The molecule has 16 heavy (non-hydrogen) atoms. The van der Waals surface area contributed by atoms with Crippen LogP contribution in [0.1, 0.15) is 25.0 Å². The number of benzene rings is 1. The lowest BCUT2D eigenvalue weighted by Gasteiger charge is -2.24. The van der Waals surface area contributed by atoms with Gasteiger partial charge in [0.2, 0.25) is 5.78 Å². The van der Waals surface area contributed by atoms with E-state index in [9.17, 15) is 4.79 Å². The third kappa shape index (κ3) is 1.56. The first-order valence-electron chi connectivity index (χ1n) is 5.29. The number of ether oxygens (including phenoxy) is 1. The van der Waals surface area contributed by atoms with Gasteiger partial charge in [-0.25, -0.2) is 0 Å². The molecule has 0 saturated carbocycles. The number of rotatable bonds is 2. The zero-order valence-electron chi connectivity index (χ0n) is 9.44. The molecule has 0 N–H and O–H groups in total. The second-order valence-corrected chi connectivity index (χ2v) is 3.91. The van der Waals surface area contributed by atoms with E-state index >= 15 is 0 Å². The van der Waals surface area contributed by atoms with Crippen molar-refractivity contribution in [3.63, 3.8) is 0 Å². The van der Waals surface area contributed by atoms with Crippen LogP contribution in [0.3, 0.4) is 0 Å². The molecular formula is C14H14O2. The highest BCUT2D eigenvalue weighted by Gasteiger charge is 2.39. The van der Waals surface area contributed by atoms with Gasteiger partial charge in [-0.15, -0.1) is 0 Å². The summed E-state index contributed by atoms with van der Waals surface area (Å²) in [7, 11) is 0. The Morgan fingerprint density at radius 1 is 1.31 bits per heavy atom. The minimum Gasteiger partial charge on any atom is -0.482 e. The van der Waals surface area contributed by atoms with E-state index in [1.165, 1.54) is 12.3 Å². The van der Waals surface area contributed by atoms with Gasteiger partial charge in [-0.05, 0) is 19.4 Å². The summed E-state index contributed by atoms with van der Waals surface area (Å²) < 4.78 is 5.46. The van der Waals surface area contributed by atoms with Gasteiger partial charge in [0, 0.05) is 11.6 Å². The largest absolute Gasteiger partial charge is 0.482 e. The van der Waals surface area contributed by atoms with Crippen molar-refractivity contribution in [3.05, 3.63) is 53.8 Å². The minimum absolute atomic E-state index is 0.00977. The molecule has 0 saturated heterocycles. The average Bonchev–Trinajstić information content (AvgIpc) is 2.62. The van der Waals surface area contributed by atoms with Crippen molar-refractivity contribution in [2.24, 2.45) is 0 Å². The van der Waals surface area contributed by atoms with E-state index in [1.54, 1.807) is 6.92 Å². The van der Waals surface area contributed by atoms with Crippen molar-refractivity contribution >= 4 is 11.9 Å². The van der Waals surface area contributed by atoms with Crippen LogP contribution in [0.5, 0.6) is 0 Å². The van der Waals surface area contributed by atoms with E-state index < -0.39 is 5.60 Å². The maximum Gasteiger partial charge on any atom is 0.206 e. The maximum absolute atomic E-state index is 11.8. The Morgan fingerprint density at radius 3 is 2.69 bits per heavy atom. The van der Waals surface area contributed by atoms with Crippen molar-refractivity contribution in [2.45, 2.75) is 19.4 Å². The topological polar surface area (TPSA) is 26.3 Å². The average molecular weight is 214 g/mol. The molecule has 2 heteroatoms. The highest BCUT2D eigenvalue weighted by atomic mass is 16.5. The second-order valence-electron chi connectivity index (χ2n) is 3.91. The second kappa shape index (κ2) is 3.97. The quantitative estimate of drug-likeness (QED) is 0.756. The van der Waals surface area contributed by atoms with Crippen molar-refractivity contribution in [2.75, 3.05) is 0 Å². The van der Waals surface area contributed by atoms with Crippen molar-refractivity contribution in [1.82, 2.24) is 0 Å². The van der Waals surface area contributed by atoms with Crippen LogP contribution >= 0.6 is 0 Å². The fraction of sp³-hybridized carbons (Fsp3) is 0.214.